The minimum absolute atomic E-state index is 0.104. The lowest BCUT2D eigenvalue weighted by Gasteiger charge is -2.14. The molecule has 0 spiro atoms. The number of amides is 2. The highest BCUT2D eigenvalue weighted by Crippen LogP contribution is 2.36. The summed E-state index contributed by atoms with van der Waals surface area (Å²) in [6.07, 6.45) is 1.61. The van der Waals surface area contributed by atoms with Crippen molar-refractivity contribution in [2.75, 3.05) is 0 Å². The predicted octanol–water partition coefficient (Wildman–Crippen LogP) is 7.71. The molecule has 1 heterocycles. The van der Waals surface area contributed by atoms with Crippen LogP contribution in [0.15, 0.2) is 70.0 Å². The summed E-state index contributed by atoms with van der Waals surface area (Å²) in [6, 6.07) is 16.9. The fourth-order valence-corrected chi connectivity index (χ4v) is 4.79. The maximum Gasteiger partial charge on any atom is 0.293 e. The molecular formula is C24H15BrCl2FNO3S. The van der Waals surface area contributed by atoms with E-state index in [1.807, 2.05) is 12.1 Å². The Hall–Kier alpha value is -2.32. The number of carbonyl (C=O) groups excluding carboxylic acids is 2. The zero-order valence-corrected chi connectivity index (χ0v) is 20.8. The summed E-state index contributed by atoms with van der Waals surface area (Å²) in [5.74, 6) is -0.434. The number of hydrogen-bond acceptors (Lipinski definition) is 4. The second kappa shape index (κ2) is 10.3. The van der Waals surface area contributed by atoms with E-state index in [9.17, 15) is 14.0 Å². The Balaban J connectivity index is 1.47. The van der Waals surface area contributed by atoms with E-state index in [-0.39, 0.29) is 22.0 Å². The zero-order chi connectivity index (χ0) is 23.5. The molecule has 4 nitrogen and oxygen atoms in total. The number of carbonyl (C=O) groups is 2. The molecule has 1 aliphatic heterocycles. The molecule has 3 aromatic rings. The third-order valence-corrected chi connectivity index (χ3v) is 6.95. The Morgan fingerprint density at radius 1 is 1.06 bits per heavy atom. The topological polar surface area (TPSA) is 46.6 Å². The van der Waals surface area contributed by atoms with Crippen LogP contribution in [0.25, 0.3) is 6.08 Å². The van der Waals surface area contributed by atoms with Crippen LogP contribution in [0.1, 0.15) is 16.7 Å². The van der Waals surface area contributed by atoms with Gasteiger partial charge in [-0.2, -0.15) is 0 Å². The van der Waals surface area contributed by atoms with Gasteiger partial charge in [0, 0.05) is 15.6 Å². The summed E-state index contributed by atoms with van der Waals surface area (Å²) in [5.41, 5.74) is 1.78. The number of rotatable bonds is 6. The summed E-state index contributed by atoms with van der Waals surface area (Å²) >= 11 is 16.2. The van der Waals surface area contributed by atoms with E-state index >= 15 is 0 Å². The van der Waals surface area contributed by atoms with E-state index in [1.54, 1.807) is 36.4 Å². The summed E-state index contributed by atoms with van der Waals surface area (Å²) in [6.45, 7) is 0.140. The first-order chi connectivity index (χ1) is 15.8. The number of halogens is 4. The van der Waals surface area contributed by atoms with Crippen molar-refractivity contribution in [1.29, 1.82) is 0 Å². The Morgan fingerprint density at radius 3 is 2.52 bits per heavy atom. The lowest BCUT2D eigenvalue weighted by atomic mass is 10.2. The van der Waals surface area contributed by atoms with E-state index < -0.39 is 17.0 Å². The van der Waals surface area contributed by atoms with Gasteiger partial charge in [-0.1, -0.05) is 47.5 Å². The van der Waals surface area contributed by atoms with Crippen molar-refractivity contribution in [3.8, 4) is 5.75 Å². The number of benzene rings is 3. The van der Waals surface area contributed by atoms with Crippen LogP contribution in [-0.4, -0.2) is 16.0 Å². The maximum atomic E-state index is 14.1. The van der Waals surface area contributed by atoms with Crippen LogP contribution >= 0.6 is 50.9 Å². The van der Waals surface area contributed by atoms with Gasteiger partial charge in [-0.15, -0.1) is 0 Å². The summed E-state index contributed by atoms with van der Waals surface area (Å²) in [4.78, 5) is 26.4. The smallest absolute Gasteiger partial charge is 0.293 e. The number of hydrogen-bond donors (Lipinski definition) is 0. The number of ether oxygens (including phenoxy) is 1. The highest BCUT2D eigenvalue weighted by atomic mass is 79.9. The van der Waals surface area contributed by atoms with Gasteiger partial charge in [-0.25, -0.2) is 4.39 Å². The fourth-order valence-electron chi connectivity index (χ4n) is 3.09. The highest BCUT2D eigenvalue weighted by molar-refractivity contribution is 9.10. The Bertz CT molecular complexity index is 1250. The first-order valence-corrected chi connectivity index (χ1v) is 12.0. The van der Waals surface area contributed by atoms with Gasteiger partial charge in [0.1, 0.15) is 18.2 Å². The van der Waals surface area contributed by atoms with Gasteiger partial charge in [-0.3, -0.25) is 14.5 Å². The largest absolute Gasteiger partial charge is 0.488 e. The van der Waals surface area contributed by atoms with Gasteiger partial charge in [0.25, 0.3) is 11.1 Å². The summed E-state index contributed by atoms with van der Waals surface area (Å²) < 4.78 is 20.6. The van der Waals surface area contributed by atoms with Crippen molar-refractivity contribution in [3.63, 3.8) is 0 Å². The van der Waals surface area contributed by atoms with Gasteiger partial charge >= 0.3 is 0 Å². The van der Waals surface area contributed by atoms with Gasteiger partial charge in [0.2, 0.25) is 0 Å². The van der Waals surface area contributed by atoms with Crippen molar-refractivity contribution in [3.05, 3.63) is 103 Å². The van der Waals surface area contributed by atoms with Crippen LogP contribution in [0.5, 0.6) is 5.75 Å². The minimum Gasteiger partial charge on any atom is -0.488 e. The van der Waals surface area contributed by atoms with Crippen LogP contribution in [-0.2, 0) is 17.9 Å². The first-order valence-electron chi connectivity index (χ1n) is 9.67. The predicted molar refractivity (Wildman–Crippen MR) is 133 cm³/mol. The number of imide groups is 1. The van der Waals surface area contributed by atoms with E-state index in [2.05, 4.69) is 15.9 Å². The van der Waals surface area contributed by atoms with Crippen molar-refractivity contribution in [2.45, 2.75) is 13.2 Å². The van der Waals surface area contributed by atoms with E-state index in [0.29, 0.717) is 27.4 Å². The van der Waals surface area contributed by atoms with Crippen molar-refractivity contribution in [2.24, 2.45) is 0 Å². The Kier molecular flexibility index (Phi) is 7.44. The van der Waals surface area contributed by atoms with Gasteiger partial charge < -0.3 is 4.74 Å². The monoisotopic (exact) mass is 565 g/mol. The number of nitrogens with zero attached hydrogens (tertiary/aromatic N) is 1. The molecule has 0 N–H and O–H groups in total. The molecule has 9 heteroatoms. The zero-order valence-electron chi connectivity index (χ0n) is 16.9. The van der Waals surface area contributed by atoms with Crippen molar-refractivity contribution < 1.29 is 18.7 Å². The van der Waals surface area contributed by atoms with Crippen LogP contribution in [0.4, 0.5) is 9.18 Å². The molecule has 3 aromatic carbocycles. The average Bonchev–Trinajstić information content (AvgIpc) is 3.04. The Morgan fingerprint density at radius 2 is 1.82 bits per heavy atom. The molecule has 0 bridgehead atoms. The van der Waals surface area contributed by atoms with Crippen molar-refractivity contribution >= 4 is 68.1 Å². The third kappa shape index (κ3) is 5.61. The highest BCUT2D eigenvalue weighted by Gasteiger charge is 2.35. The van der Waals surface area contributed by atoms with Crippen LogP contribution in [0, 0.1) is 5.82 Å². The molecular weight excluding hydrogens is 552 g/mol. The molecule has 1 saturated heterocycles. The van der Waals surface area contributed by atoms with Crippen molar-refractivity contribution in [1.82, 2.24) is 4.90 Å². The molecule has 168 valence electrons. The van der Waals surface area contributed by atoms with Crippen LogP contribution in [0.3, 0.4) is 0 Å². The SMILES string of the molecule is O=C1SC(=Cc2ccc(OCc3ccc(Cl)cc3)c(Br)c2)C(=O)N1Cc1c(F)cccc1Cl. The molecule has 0 aliphatic carbocycles. The van der Waals surface area contributed by atoms with Crippen LogP contribution in [0.2, 0.25) is 10.0 Å². The van der Waals surface area contributed by atoms with E-state index in [4.69, 9.17) is 27.9 Å². The second-order valence-corrected chi connectivity index (χ2v) is 9.76. The third-order valence-electron chi connectivity index (χ3n) is 4.81. The second-order valence-electron chi connectivity index (χ2n) is 7.07. The normalized spacial score (nSPS) is 14.9. The lowest BCUT2D eigenvalue weighted by Crippen LogP contribution is -2.28. The van der Waals surface area contributed by atoms with E-state index in [1.165, 1.54) is 18.2 Å². The lowest BCUT2D eigenvalue weighted by molar-refractivity contribution is -0.123. The number of thioether (sulfide) groups is 1. The first kappa shape index (κ1) is 23.8. The fraction of sp³-hybridized carbons (Fsp3) is 0.0833. The molecule has 0 saturated carbocycles. The molecule has 0 atom stereocenters. The van der Waals surface area contributed by atoms with Gasteiger partial charge in [-0.05, 0) is 81.3 Å². The molecule has 1 aliphatic rings. The van der Waals surface area contributed by atoms with Crippen LogP contribution < -0.4 is 4.74 Å². The molecule has 0 radical (unpaired) electrons. The molecule has 0 unspecified atom stereocenters. The quantitative estimate of drug-likeness (QED) is 0.287. The molecule has 4 rings (SSSR count). The molecule has 1 fully saturated rings. The maximum absolute atomic E-state index is 14.1. The summed E-state index contributed by atoms with van der Waals surface area (Å²) in [7, 11) is 0. The van der Waals surface area contributed by atoms with Gasteiger partial charge in [0.05, 0.1) is 15.9 Å². The minimum atomic E-state index is -0.566. The molecule has 33 heavy (non-hydrogen) atoms. The summed E-state index contributed by atoms with van der Waals surface area (Å²) in [5, 5.41) is 0.342. The standard InChI is InChI=1S/C24H15BrCl2FNO3S/c25-18-10-15(6-9-21(18)32-13-14-4-7-16(26)8-5-14)11-22-23(30)29(24(31)33-22)12-17-19(27)2-1-3-20(17)28/h1-11H,12-13H2. The Labute approximate surface area is 212 Å². The molecule has 0 aromatic heterocycles. The van der Waals surface area contributed by atoms with E-state index in [0.717, 1.165) is 22.2 Å². The average molecular weight is 567 g/mol. The molecule has 2 amide bonds. The van der Waals surface area contributed by atoms with Gasteiger partial charge in [0.15, 0.2) is 0 Å².